The van der Waals surface area contributed by atoms with Crippen LogP contribution in [0.1, 0.15) is 32.8 Å². The average Bonchev–Trinajstić information content (AvgIpc) is 3.40. The number of aliphatic carboxylic acids is 1. The Balaban J connectivity index is 1.51. The molecule has 0 aliphatic carbocycles. The van der Waals surface area contributed by atoms with Gasteiger partial charge in [-0.05, 0) is 71.9 Å². The predicted octanol–water partition coefficient (Wildman–Crippen LogP) is 7.09. The number of aromatic nitrogens is 1. The maximum absolute atomic E-state index is 13.3. The molecule has 0 radical (unpaired) electrons. The van der Waals surface area contributed by atoms with E-state index in [1.807, 2.05) is 80.0 Å². The fourth-order valence-corrected chi connectivity index (χ4v) is 5.61. The van der Waals surface area contributed by atoms with Crippen LogP contribution >= 0.6 is 34.7 Å². The van der Waals surface area contributed by atoms with Crippen molar-refractivity contribution in [2.45, 2.75) is 32.6 Å². The van der Waals surface area contributed by atoms with Crippen molar-refractivity contribution < 1.29 is 19.4 Å². The van der Waals surface area contributed by atoms with Crippen LogP contribution < -0.4 is 5.32 Å². The van der Waals surface area contributed by atoms with Gasteiger partial charge in [0, 0.05) is 22.3 Å². The molecular weight excluding hydrogens is 552 g/mol. The number of hydrogen-bond acceptors (Lipinski definition) is 6. The molecule has 0 saturated carbocycles. The highest BCUT2D eigenvalue weighted by Gasteiger charge is 2.22. The largest absolute Gasteiger partial charge is 0.480 e. The third kappa shape index (κ3) is 7.70. The van der Waals surface area contributed by atoms with E-state index in [0.717, 1.165) is 37.7 Å². The van der Waals surface area contributed by atoms with Crippen LogP contribution in [0.3, 0.4) is 0 Å². The van der Waals surface area contributed by atoms with E-state index in [-0.39, 0.29) is 0 Å². The summed E-state index contributed by atoms with van der Waals surface area (Å²) in [6.45, 7) is 2.73. The Morgan fingerprint density at radius 1 is 1.08 bits per heavy atom. The molecule has 1 amide bonds. The lowest BCUT2D eigenvalue weighted by Crippen LogP contribution is -2.41. The van der Waals surface area contributed by atoms with E-state index in [9.17, 15) is 14.7 Å². The number of thiazole rings is 1. The van der Waals surface area contributed by atoms with Crippen LogP contribution in [-0.4, -0.2) is 40.0 Å². The number of carbonyl (C=O) groups is 2. The minimum absolute atomic E-state index is 0.344. The lowest BCUT2D eigenvalue weighted by atomic mass is 9.93. The molecule has 0 spiro atoms. The third-order valence-corrected chi connectivity index (χ3v) is 8.02. The SMILES string of the molecule is CSCCC(NC(=O)c1ccc(COCc2cnc(-c3cccc(Cl)c3)s2)cc1-c1ccccc1C)C(=O)O. The molecule has 4 aromatic rings. The lowest BCUT2D eigenvalue weighted by molar-refractivity contribution is -0.139. The topological polar surface area (TPSA) is 88.5 Å². The monoisotopic (exact) mass is 580 g/mol. The van der Waals surface area contributed by atoms with Crippen LogP contribution in [-0.2, 0) is 22.7 Å². The summed E-state index contributed by atoms with van der Waals surface area (Å²) >= 11 is 9.21. The number of thioether (sulfide) groups is 1. The summed E-state index contributed by atoms with van der Waals surface area (Å²) in [5.41, 5.74) is 4.96. The zero-order valence-electron chi connectivity index (χ0n) is 21.6. The van der Waals surface area contributed by atoms with Gasteiger partial charge >= 0.3 is 5.97 Å². The van der Waals surface area contributed by atoms with Crippen LogP contribution in [0.25, 0.3) is 21.7 Å². The van der Waals surface area contributed by atoms with E-state index < -0.39 is 17.9 Å². The molecule has 0 fully saturated rings. The number of amides is 1. The number of aryl methyl sites for hydroxylation is 1. The minimum atomic E-state index is -1.04. The standard InChI is InChI=1S/C30H29ClN2O4S2/c1-19-6-3-4-9-24(19)26-14-20(10-11-25(26)28(34)33-27(30(35)36)12-13-38-2)17-37-18-23-16-32-29(39-23)21-7-5-8-22(31)15-21/h3-11,14-16,27H,12-13,17-18H2,1-2H3,(H,33,34)(H,35,36). The maximum Gasteiger partial charge on any atom is 0.326 e. The second-order valence-electron chi connectivity index (χ2n) is 8.98. The van der Waals surface area contributed by atoms with Crippen molar-refractivity contribution in [1.29, 1.82) is 0 Å². The van der Waals surface area contributed by atoms with Crippen LogP contribution in [0, 0.1) is 6.92 Å². The number of carbonyl (C=O) groups excluding carboxylic acids is 1. The Kier molecular flexibility index (Phi) is 10.2. The number of halogens is 1. The fraction of sp³-hybridized carbons (Fsp3) is 0.233. The zero-order valence-corrected chi connectivity index (χ0v) is 24.0. The maximum atomic E-state index is 13.3. The van der Waals surface area contributed by atoms with Crippen LogP contribution in [0.5, 0.6) is 0 Å². The Labute approximate surface area is 241 Å². The van der Waals surface area contributed by atoms with Crippen molar-refractivity contribution in [3.05, 3.63) is 99.5 Å². The summed E-state index contributed by atoms with van der Waals surface area (Å²) < 4.78 is 6.00. The van der Waals surface area contributed by atoms with Crippen molar-refractivity contribution >= 4 is 46.6 Å². The van der Waals surface area contributed by atoms with Gasteiger partial charge in [-0.25, -0.2) is 9.78 Å². The van der Waals surface area contributed by atoms with Crippen molar-refractivity contribution in [3.8, 4) is 21.7 Å². The van der Waals surface area contributed by atoms with E-state index in [1.54, 1.807) is 29.2 Å². The Morgan fingerprint density at radius 3 is 2.64 bits per heavy atom. The van der Waals surface area contributed by atoms with E-state index >= 15 is 0 Å². The van der Waals surface area contributed by atoms with Gasteiger partial charge in [0.15, 0.2) is 0 Å². The van der Waals surface area contributed by atoms with Gasteiger partial charge in [0.05, 0.1) is 18.1 Å². The molecule has 1 heterocycles. The fourth-order valence-electron chi connectivity index (χ4n) is 4.10. The number of carboxylic acids is 1. The quantitative estimate of drug-likeness (QED) is 0.186. The van der Waals surface area contributed by atoms with Crippen LogP contribution in [0.15, 0.2) is 72.9 Å². The number of rotatable bonds is 12. The van der Waals surface area contributed by atoms with Gasteiger partial charge in [0.2, 0.25) is 0 Å². The van der Waals surface area contributed by atoms with E-state index in [2.05, 4.69) is 10.3 Å². The molecule has 39 heavy (non-hydrogen) atoms. The van der Waals surface area contributed by atoms with Crippen molar-refractivity contribution in [3.63, 3.8) is 0 Å². The number of ether oxygens (including phenoxy) is 1. The molecule has 202 valence electrons. The Hall–Kier alpha value is -3.17. The zero-order chi connectivity index (χ0) is 27.8. The summed E-state index contributed by atoms with van der Waals surface area (Å²) in [6.07, 6.45) is 4.07. The summed E-state index contributed by atoms with van der Waals surface area (Å²) in [6, 6.07) is 20.0. The Bertz CT molecular complexity index is 1460. The van der Waals surface area contributed by atoms with Gasteiger partial charge in [0.1, 0.15) is 11.0 Å². The third-order valence-electron chi connectivity index (χ3n) is 6.12. The minimum Gasteiger partial charge on any atom is -0.480 e. The highest BCUT2D eigenvalue weighted by atomic mass is 35.5. The number of nitrogens with zero attached hydrogens (tertiary/aromatic N) is 1. The van der Waals surface area contributed by atoms with Gasteiger partial charge in [-0.15, -0.1) is 11.3 Å². The van der Waals surface area contributed by atoms with Crippen LogP contribution in [0.4, 0.5) is 0 Å². The molecule has 0 aliphatic heterocycles. The van der Waals surface area contributed by atoms with Crippen molar-refractivity contribution in [1.82, 2.24) is 10.3 Å². The first-order valence-electron chi connectivity index (χ1n) is 12.4. The molecule has 1 atom stereocenters. The molecule has 0 saturated heterocycles. The predicted molar refractivity (Wildman–Crippen MR) is 160 cm³/mol. The molecule has 6 nitrogen and oxygen atoms in total. The smallest absolute Gasteiger partial charge is 0.326 e. The molecule has 1 aromatic heterocycles. The van der Waals surface area contributed by atoms with Gasteiger partial charge in [0.25, 0.3) is 5.91 Å². The highest BCUT2D eigenvalue weighted by Crippen LogP contribution is 2.30. The summed E-state index contributed by atoms with van der Waals surface area (Å²) in [7, 11) is 0. The van der Waals surface area contributed by atoms with Gasteiger partial charge in [-0.2, -0.15) is 11.8 Å². The average molecular weight is 581 g/mol. The molecule has 3 aromatic carbocycles. The molecular formula is C30H29ClN2O4S2. The normalized spacial score (nSPS) is 11.8. The van der Waals surface area contributed by atoms with Crippen molar-refractivity contribution in [2.24, 2.45) is 0 Å². The van der Waals surface area contributed by atoms with E-state index in [1.165, 1.54) is 0 Å². The molecule has 1 unspecified atom stereocenters. The molecule has 4 rings (SSSR count). The van der Waals surface area contributed by atoms with Crippen molar-refractivity contribution in [2.75, 3.05) is 12.0 Å². The van der Waals surface area contributed by atoms with Gasteiger partial charge in [-0.1, -0.05) is 54.1 Å². The lowest BCUT2D eigenvalue weighted by Gasteiger charge is -2.17. The molecule has 2 N–H and O–H groups in total. The number of hydrogen-bond donors (Lipinski definition) is 2. The molecule has 0 bridgehead atoms. The van der Waals surface area contributed by atoms with Gasteiger partial charge < -0.3 is 15.2 Å². The molecule has 9 heteroatoms. The summed E-state index contributed by atoms with van der Waals surface area (Å²) in [5.74, 6) is -0.813. The Morgan fingerprint density at radius 2 is 1.90 bits per heavy atom. The van der Waals surface area contributed by atoms with E-state index in [0.29, 0.717) is 36.0 Å². The first-order chi connectivity index (χ1) is 18.9. The summed E-state index contributed by atoms with van der Waals surface area (Å²) in [5, 5.41) is 13.8. The number of benzene rings is 3. The molecule has 0 aliphatic rings. The van der Waals surface area contributed by atoms with Crippen LogP contribution in [0.2, 0.25) is 5.02 Å². The first-order valence-corrected chi connectivity index (χ1v) is 14.9. The first kappa shape index (κ1) is 28.8. The second-order valence-corrected chi connectivity index (χ2v) is 11.5. The van der Waals surface area contributed by atoms with E-state index in [4.69, 9.17) is 16.3 Å². The number of carboxylic acid groups (broad SMARTS) is 1. The number of nitrogens with one attached hydrogen (secondary N) is 1. The summed E-state index contributed by atoms with van der Waals surface area (Å²) in [4.78, 5) is 30.5. The second kappa shape index (κ2) is 13.8. The van der Waals surface area contributed by atoms with Gasteiger partial charge in [-0.3, -0.25) is 4.79 Å². The highest BCUT2D eigenvalue weighted by molar-refractivity contribution is 7.98.